The van der Waals surface area contributed by atoms with Crippen molar-refractivity contribution in [2.45, 2.75) is 37.5 Å². The Labute approximate surface area is 189 Å². The van der Waals surface area contributed by atoms with Crippen molar-refractivity contribution in [3.8, 4) is 11.4 Å². The summed E-state index contributed by atoms with van der Waals surface area (Å²) >= 11 is 0. The molecule has 1 aliphatic carbocycles. The molecule has 2 fully saturated rings. The minimum absolute atomic E-state index is 0.00790. The largest absolute Gasteiger partial charge is 0.381 e. The Morgan fingerprint density at radius 3 is 2.84 bits per heavy atom. The third-order valence-electron chi connectivity index (χ3n) is 6.33. The molecule has 4 heterocycles. The second kappa shape index (κ2) is 8.88. The zero-order valence-corrected chi connectivity index (χ0v) is 19.4. The minimum atomic E-state index is -2.47. The van der Waals surface area contributed by atoms with E-state index in [-0.39, 0.29) is 11.3 Å². The monoisotopic (exact) mass is 455 g/mol. The molecule has 170 valence electrons. The number of rotatable bonds is 4. The van der Waals surface area contributed by atoms with Crippen molar-refractivity contribution in [3.63, 3.8) is 0 Å². The van der Waals surface area contributed by atoms with Gasteiger partial charge < -0.3 is 14.4 Å². The Morgan fingerprint density at radius 1 is 1.19 bits per heavy atom. The molecule has 0 spiro atoms. The highest BCUT2D eigenvalue weighted by atomic mass is 32.2. The number of allylic oxidation sites excluding steroid dienone is 1. The number of fused-ring (bicyclic) bond motifs is 1. The maximum atomic E-state index is 13.6. The first-order valence-electron chi connectivity index (χ1n) is 11.2. The highest BCUT2D eigenvalue weighted by molar-refractivity contribution is 7.93. The average molecular weight is 456 g/mol. The van der Waals surface area contributed by atoms with Crippen molar-refractivity contribution >= 4 is 27.4 Å². The summed E-state index contributed by atoms with van der Waals surface area (Å²) in [5.74, 6) is 1.85. The van der Waals surface area contributed by atoms with Gasteiger partial charge in [0.2, 0.25) is 0 Å². The number of nitrogens with zero attached hydrogens (tertiary/aromatic N) is 5. The Bertz CT molecular complexity index is 1150. The predicted octanol–water partition coefficient (Wildman–Crippen LogP) is 3.24. The van der Waals surface area contributed by atoms with Crippen LogP contribution in [-0.4, -0.2) is 69.7 Å². The molecule has 8 nitrogen and oxygen atoms in total. The third kappa shape index (κ3) is 4.29. The van der Waals surface area contributed by atoms with Gasteiger partial charge in [0.25, 0.3) is 0 Å². The fourth-order valence-electron chi connectivity index (χ4n) is 4.53. The third-order valence-corrected chi connectivity index (χ3v) is 8.59. The summed E-state index contributed by atoms with van der Waals surface area (Å²) in [6.45, 7) is 5.42. The van der Waals surface area contributed by atoms with Crippen LogP contribution in [0.3, 0.4) is 0 Å². The summed E-state index contributed by atoms with van der Waals surface area (Å²) in [4.78, 5) is 16.4. The number of anilines is 1. The van der Waals surface area contributed by atoms with Crippen LogP contribution in [0.1, 0.15) is 31.0 Å². The molecule has 1 unspecified atom stereocenters. The number of pyridine rings is 1. The number of aromatic nitrogens is 3. The molecule has 0 N–H and O–H groups in total. The molecule has 2 aliphatic heterocycles. The molecule has 2 saturated heterocycles. The van der Waals surface area contributed by atoms with E-state index in [1.807, 2.05) is 12.1 Å². The number of hydrogen-bond donors (Lipinski definition) is 0. The molecule has 2 atom stereocenters. The second-order valence-corrected chi connectivity index (χ2v) is 11.2. The molecule has 2 aromatic rings. The van der Waals surface area contributed by atoms with E-state index in [4.69, 9.17) is 23.8 Å². The molecular weight excluding hydrogens is 426 g/mol. The van der Waals surface area contributed by atoms with Crippen LogP contribution in [0.2, 0.25) is 0 Å². The highest BCUT2D eigenvalue weighted by Crippen LogP contribution is 2.32. The van der Waals surface area contributed by atoms with Crippen molar-refractivity contribution in [1.82, 2.24) is 15.0 Å². The first-order chi connectivity index (χ1) is 15.5. The molecule has 5 rings (SSSR count). The maximum absolute atomic E-state index is 13.6. The fourth-order valence-corrected chi connectivity index (χ4v) is 6.21. The van der Waals surface area contributed by atoms with Crippen LogP contribution >= 0.6 is 0 Å². The van der Waals surface area contributed by atoms with Crippen molar-refractivity contribution in [3.05, 3.63) is 35.7 Å². The van der Waals surface area contributed by atoms with E-state index < -0.39 is 9.73 Å². The lowest BCUT2D eigenvalue weighted by molar-refractivity contribution is 0.0985. The lowest BCUT2D eigenvalue weighted by atomic mass is 10.1. The second-order valence-electron chi connectivity index (χ2n) is 8.61. The summed E-state index contributed by atoms with van der Waals surface area (Å²) in [6.07, 6.45) is 10.1. The number of ether oxygens (including phenoxy) is 2. The zero-order valence-electron chi connectivity index (χ0n) is 18.6. The van der Waals surface area contributed by atoms with Crippen LogP contribution in [0, 0.1) is 0 Å². The topological polar surface area (TPSA) is 89.8 Å². The van der Waals surface area contributed by atoms with E-state index in [0.717, 1.165) is 48.4 Å². The molecule has 9 heteroatoms. The normalized spacial score (nSPS) is 23.1. The minimum Gasteiger partial charge on any atom is -0.381 e. The van der Waals surface area contributed by atoms with E-state index in [0.29, 0.717) is 38.1 Å². The summed E-state index contributed by atoms with van der Waals surface area (Å²) in [5, 5.41) is 0.00790. The van der Waals surface area contributed by atoms with Crippen LogP contribution in [0.4, 0.5) is 11.6 Å². The van der Waals surface area contributed by atoms with Gasteiger partial charge in [-0.2, -0.15) is 4.36 Å². The van der Waals surface area contributed by atoms with Crippen LogP contribution in [0.5, 0.6) is 0 Å². The van der Waals surface area contributed by atoms with Crippen molar-refractivity contribution in [1.29, 1.82) is 0 Å². The Morgan fingerprint density at radius 2 is 2.03 bits per heavy atom. The van der Waals surface area contributed by atoms with Crippen molar-refractivity contribution in [2.75, 3.05) is 44.1 Å². The van der Waals surface area contributed by atoms with Gasteiger partial charge in [-0.1, -0.05) is 12.2 Å². The molecule has 32 heavy (non-hydrogen) atoms. The standard InChI is InChI=1S/C23H29N5O3S/c1-16-15-31-13-10-28(16)22-14-21(27-32(2,29)17-7-11-30-12-8-17)25-23(26-22)19-6-9-24-20-5-3-4-18(19)20/h3-4,6,9,14,16-17H,5,7-8,10-13,15H2,1-2H3/t16-,32?/m1/s1. The maximum Gasteiger partial charge on any atom is 0.167 e. The number of hydrogen-bond acceptors (Lipinski definition) is 8. The fraction of sp³-hybridized carbons (Fsp3) is 0.522. The van der Waals surface area contributed by atoms with Crippen LogP contribution in [0.15, 0.2) is 28.8 Å². The molecule has 0 saturated carbocycles. The van der Waals surface area contributed by atoms with Crippen LogP contribution < -0.4 is 4.90 Å². The molecule has 0 aromatic carbocycles. The lowest BCUT2D eigenvalue weighted by Crippen LogP contribution is -2.44. The molecule has 2 aromatic heterocycles. The van der Waals surface area contributed by atoms with Gasteiger partial charge >= 0.3 is 0 Å². The predicted molar refractivity (Wildman–Crippen MR) is 126 cm³/mol. The van der Waals surface area contributed by atoms with Gasteiger partial charge in [-0.3, -0.25) is 4.98 Å². The Kier molecular flexibility index (Phi) is 5.96. The SMILES string of the molecule is C[C@@H]1COCCN1c1cc(N=S(C)(=O)C2CCOCC2)nc(-c2ccnc3c2C=CC3)n1. The van der Waals surface area contributed by atoms with E-state index in [2.05, 4.69) is 29.0 Å². The zero-order chi connectivity index (χ0) is 22.1. The molecule has 0 amide bonds. The van der Waals surface area contributed by atoms with Gasteiger partial charge in [-0.05, 0) is 25.8 Å². The summed E-state index contributed by atoms with van der Waals surface area (Å²) in [7, 11) is -2.47. The van der Waals surface area contributed by atoms with Gasteiger partial charge in [0.05, 0.1) is 34.7 Å². The summed E-state index contributed by atoms with van der Waals surface area (Å²) in [6, 6.07) is 4.00. The number of morpholine rings is 1. The molecule has 0 bridgehead atoms. The molecule has 0 radical (unpaired) electrons. The van der Waals surface area contributed by atoms with E-state index in [1.165, 1.54) is 0 Å². The summed E-state index contributed by atoms with van der Waals surface area (Å²) in [5.41, 5.74) is 3.00. The summed E-state index contributed by atoms with van der Waals surface area (Å²) < 4.78 is 29.3. The first kappa shape index (κ1) is 21.5. The Hall–Kier alpha value is -2.36. The Balaban J connectivity index is 1.62. The quantitative estimate of drug-likeness (QED) is 0.699. The lowest BCUT2D eigenvalue weighted by Gasteiger charge is -2.34. The van der Waals surface area contributed by atoms with E-state index in [1.54, 1.807) is 12.5 Å². The highest BCUT2D eigenvalue weighted by Gasteiger charge is 2.25. The van der Waals surface area contributed by atoms with Crippen LogP contribution in [-0.2, 0) is 25.6 Å². The van der Waals surface area contributed by atoms with Gasteiger partial charge in [0, 0.05) is 61.1 Å². The van der Waals surface area contributed by atoms with Gasteiger partial charge in [-0.25, -0.2) is 14.2 Å². The average Bonchev–Trinajstić information content (AvgIpc) is 3.28. The van der Waals surface area contributed by atoms with Gasteiger partial charge in [-0.15, -0.1) is 0 Å². The van der Waals surface area contributed by atoms with Gasteiger partial charge in [0.1, 0.15) is 5.82 Å². The molecular formula is C23H29N5O3S. The van der Waals surface area contributed by atoms with Crippen molar-refractivity contribution < 1.29 is 13.7 Å². The van der Waals surface area contributed by atoms with Gasteiger partial charge in [0.15, 0.2) is 11.6 Å². The van der Waals surface area contributed by atoms with E-state index >= 15 is 0 Å². The molecule has 3 aliphatic rings. The van der Waals surface area contributed by atoms with E-state index in [9.17, 15) is 4.21 Å². The van der Waals surface area contributed by atoms with Crippen LogP contribution in [0.25, 0.3) is 17.5 Å². The smallest absolute Gasteiger partial charge is 0.167 e. The van der Waals surface area contributed by atoms with Crippen molar-refractivity contribution in [2.24, 2.45) is 4.36 Å². The first-order valence-corrected chi connectivity index (χ1v) is 13.2.